The molecule has 0 bridgehead atoms. The molecule has 168 valence electrons. The molecular weight excluding hydrogens is 495 g/mol. The average molecular weight is 533 g/mol. The van der Waals surface area contributed by atoms with Crippen molar-refractivity contribution < 1.29 is 9.53 Å². The van der Waals surface area contributed by atoms with Gasteiger partial charge >= 0.3 is 0 Å². The lowest BCUT2D eigenvalue weighted by atomic mass is 9.73. The van der Waals surface area contributed by atoms with E-state index in [1.807, 2.05) is 0 Å². The number of hydrogen-bond donors (Lipinski definition) is 0. The Balaban J connectivity index is 1.88. The maximum atomic E-state index is 14.1. The van der Waals surface area contributed by atoms with Crippen LogP contribution in [0.1, 0.15) is 82.8 Å². The van der Waals surface area contributed by atoms with Crippen molar-refractivity contribution in [2.24, 2.45) is 0 Å². The minimum absolute atomic E-state index is 0.00215. The first kappa shape index (κ1) is 24.4. The highest BCUT2D eigenvalue weighted by molar-refractivity contribution is 14.1. The number of unbranched alkanes of at least 4 members (excludes halogenated alkanes) is 6. The van der Waals surface area contributed by atoms with Crippen LogP contribution in [-0.4, -0.2) is 22.9 Å². The molecule has 1 aliphatic carbocycles. The first-order valence-electron chi connectivity index (χ1n) is 12.1. The molecule has 0 saturated carbocycles. The summed E-state index contributed by atoms with van der Waals surface area (Å²) in [6.45, 7) is 5.61. The second-order valence-corrected chi connectivity index (χ2v) is 10.3. The maximum Gasteiger partial charge on any atom is 0.162 e. The zero-order valence-corrected chi connectivity index (χ0v) is 21.3. The maximum absolute atomic E-state index is 14.1. The quantitative estimate of drug-likeness (QED) is 0.141. The number of benzene rings is 2. The normalized spacial score (nSPS) is 14.8. The van der Waals surface area contributed by atoms with Crippen LogP contribution in [0.2, 0.25) is 0 Å². The summed E-state index contributed by atoms with van der Waals surface area (Å²) in [6, 6.07) is 16.9. The fourth-order valence-corrected chi connectivity index (χ4v) is 5.79. The van der Waals surface area contributed by atoms with E-state index in [9.17, 15) is 4.79 Å². The van der Waals surface area contributed by atoms with Crippen LogP contribution in [0.3, 0.4) is 0 Å². The van der Waals surface area contributed by atoms with Crippen molar-refractivity contribution >= 4 is 28.4 Å². The van der Waals surface area contributed by atoms with E-state index in [1.165, 1.54) is 49.7 Å². The van der Waals surface area contributed by atoms with E-state index < -0.39 is 5.41 Å². The Morgan fingerprint density at radius 2 is 1.39 bits per heavy atom. The molecule has 0 saturated heterocycles. The van der Waals surface area contributed by atoms with Gasteiger partial charge in [0, 0.05) is 6.61 Å². The Morgan fingerprint density at radius 1 is 0.839 bits per heavy atom. The van der Waals surface area contributed by atoms with Crippen molar-refractivity contribution in [1.82, 2.24) is 0 Å². The monoisotopic (exact) mass is 532 g/mol. The molecular formula is C28H37IO2. The molecule has 0 N–H and O–H groups in total. The third kappa shape index (κ3) is 5.42. The Kier molecular flexibility index (Phi) is 9.58. The summed E-state index contributed by atoms with van der Waals surface area (Å²) in [5.41, 5.74) is 3.95. The summed E-state index contributed by atoms with van der Waals surface area (Å²) >= 11 is 2.40. The molecule has 2 aromatic carbocycles. The van der Waals surface area contributed by atoms with Crippen LogP contribution in [0.25, 0.3) is 11.1 Å². The summed E-state index contributed by atoms with van der Waals surface area (Å²) in [6.07, 6.45) is 10.5. The summed E-state index contributed by atoms with van der Waals surface area (Å²) < 4.78 is 6.24. The third-order valence-electron chi connectivity index (χ3n) is 6.54. The number of halogens is 1. The van der Waals surface area contributed by atoms with Gasteiger partial charge in [-0.1, -0.05) is 130 Å². The van der Waals surface area contributed by atoms with E-state index in [1.54, 1.807) is 0 Å². The van der Waals surface area contributed by atoms with Crippen molar-refractivity contribution in [3.63, 3.8) is 0 Å². The van der Waals surface area contributed by atoms with Gasteiger partial charge in [0.2, 0.25) is 0 Å². The van der Waals surface area contributed by atoms with Crippen LogP contribution in [0.15, 0.2) is 48.5 Å². The van der Waals surface area contributed by atoms with Crippen LogP contribution >= 0.6 is 22.6 Å². The van der Waals surface area contributed by atoms with E-state index in [0.29, 0.717) is 12.4 Å². The van der Waals surface area contributed by atoms with E-state index in [-0.39, 0.29) is 3.92 Å². The molecule has 3 heteroatoms. The predicted molar refractivity (Wildman–Crippen MR) is 139 cm³/mol. The molecule has 0 aromatic heterocycles. The van der Waals surface area contributed by atoms with Gasteiger partial charge in [-0.3, -0.25) is 4.79 Å². The van der Waals surface area contributed by atoms with Gasteiger partial charge in [0.1, 0.15) is 5.41 Å². The van der Waals surface area contributed by atoms with Crippen LogP contribution in [-0.2, 0) is 14.9 Å². The SMILES string of the molecule is CCCCCCCC(I)C(=O)C1(COCCCCC)c2ccccc2-c2ccccc21. The molecule has 0 amide bonds. The predicted octanol–water partition coefficient (Wildman–Crippen LogP) is 7.89. The number of rotatable bonds is 14. The van der Waals surface area contributed by atoms with E-state index in [0.717, 1.165) is 37.0 Å². The molecule has 3 rings (SSSR count). The molecule has 0 fully saturated rings. The molecule has 0 spiro atoms. The van der Waals surface area contributed by atoms with Gasteiger partial charge in [-0.2, -0.15) is 0 Å². The minimum Gasteiger partial charge on any atom is -0.380 e. The standard InChI is InChI=1S/C28H37IO2/c1-3-5-7-8-9-19-26(29)27(30)28(21-31-20-14-6-4-2)24-17-12-10-15-22(24)23-16-11-13-18-25(23)28/h10-13,15-18,26H,3-9,14,19-21H2,1-2H3. The van der Waals surface area contributed by atoms with Crippen molar-refractivity contribution in [2.75, 3.05) is 13.2 Å². The zero-order valence-electron chi connectivity index (χ0n) is 19.2. The molecule has 1 unspecified atom stereocenters. The molecule has 1 aliphatic rings. The highest BCUT2D eigenvalue weighted by Gasteiger charge is 2.50. The van der Waals surface area contributed by atoms with E-state index >= 15 is 0 Å². The molecule has 2 nitrogen and oxygen atoms in total. The molecule has 1 atom stereocenters. The van der Waals surface area contributed by atoms with Crippen molar-refractivity contribution in [3.8, 4) is 11.1 Å². The summed E-state index contributed by atoms with van der Waals surface area (Å²) in [5, 5.41) is 0. The van der Waals surface area contributed by atoms with Gasteiger partial charge < -0.3 is 4.74 Å². The molecule has 0 aliphatic heterocycles. The topological polar surface area (TPSA) is 26.3 Å². The Bertz CT molecular complexity index is 799. The van der Waals surface area contributed by atoms with Crippen LogP contribution in [0.4, 0.5) is 0 Å². The number of hydrogen-bond acceptors (Lipinski definition) is 2. The molecule has 31 heavy (non-hydrogen) atoms. The second-order valence-electron chi connectivity index (χ2n) is 8.79. The van der Waals surface area contributed by atoms with Gasteiger partial charge in [0.05, 0.1) is 10.5 Å². The van der Waals surface area contributed by atoms with Crippen LogP contribution < -0.4 is 0 Å². The van der Waals surface area contributed by atoms with Gasteiger partial charge in [-0.05, 0) is 35.1 Å². The number of ketones is 1. The highest BCUT2D eigenvalue weighted by atomic mass is 127. The lowest BCUT2D eigenvalue weighted by Crippen LogP contribution is -2.44. The highest BCUT2D eigenvalue weighted by Crippen LogP contribution is 2.50. The van der Waals surface area contributed by atoms with E-state index in [2.05, 4.69) is 85.0 Å². The Hall–Kier alpha value is -1.20. The number of fused-ring (bicyclic) bond motifs is 3. The lowest BCUT2D eigenvalue weighted by Gasteiger charge is -2.32. The number of carbonyl (C=O) groups excluding carboxylic acids is 1. The van der Waals surface area contributed by atoms with Crippen molar-refractivity contribution in [2.45, 2.75) is 81.0 Å². The number of Topliss-reactive ketones (excluding diaryl/α,β-unsaturated/α-hetero) is 1. The van der Waals surface area contributed by atoms with Crippen molar-refractivity contribution in [1.29, 1.82) is 0 Å². The number of carbonyl (C=O) groups is 1. The minimum atomic E-state index is -0.686. The fraction of sp³-hybridized carbons (Fsp3) is 0.536. The average Bonchev–Trinajstić information content (AvgIpc) is 3.09. The zero-order chi connectivity index (χ0) is 22.1. The van der Waals surface area contributed by atoms with Crippen LogP contribution in [0.5, 0.6) is 0 Å². The molecule has 2 aromatic rings. The number of alkyl halides is 1. The van der Waals surface area contributed by atoms with E-state index in [4.69, 9.17) is 4.74 Å². The molecule has 0 radical (unpaired) electrons. The summed E-state index contributed by atoms with van der Waals surface area (Å²) in [7, 11) is 0. The Labute approximate surface area is 202 Å². The van der Waals surface area contributed by atoms with Gasteiger partial charge in [0.25, 0.3) is 0 Å². The molecule has 0 heterocycles. The second kappa shape index (κ2) is 12.2. The summed E-state index contributed by atoms with van der Waals surface area (Å²) in [4.78, 5) is 14.1. The van der Waals surface area contributed by atoms with Gasteiger partial charge in [-0.15, -0.1) is 0 Å². The van der Waals surface area contributed by atoms with Crippen molar-refractivity contribution in [3.05, 3.63) is 59.7 Å². The lowest BCUT2D eigenvalue weighted by molar-refractivity contribution is -0.124. The van der Waals surface area contributed by atoms with Crippen LogP contribution in [0, 0.1) is 0 Å². The third-order valence-corrected chi connectivity index (χ3v) is 7.73. The summed E-state index contributed by atoms with van der Waals surface area (Å²) in [5.74, 6) is 0.316. The first-order chi connectivity index (χ1) is 15.2. The largest absolute Gasteiger partial charge is 0.380 e. The Morgan fingerprint density at radius 3 is 2.00 bits per heavy atom. The van der Waals surface area contributed by atoms with Gasteiger partial charge in [-0.25, -0.2) is 0 Å². The van der Waals surface area contributed by atoms with Gasteiger partial charge in [0.15, 0.2) is 5.78 Å². The first-order valence-corrected chi connectivity index (χ1v) is 13.4. The fourth-order valence-electron chi connectivity index (χ4n) is 4.82. The smallest absolute Gasteiger partial charge is 0.162 e. The number of ether oxygens (including phenoxy) is 1.